The fourth-order valence-electron chi connectivity index (χ4n) is 2.19. The van der Waals surface area contributed by atoms with Gasteiger partial charge in [-0.05, 0) is 36.1 Å². The van der Waals surface area contributed by atoms with Gasteiger partial charge in [-0.25, -0.2) is 4.79 Å². The highest BCUT2D eigenvalue weighted by Crippen LogP contribution is 2.15. The van der Waals surface area contributed by atoms with Crippen molar-refractivity contribution in [3.05, 3.63) is 70.8 Å². The van der Waals surface area contributed by atoms with Crippen molar-refractivity contribution in [1.29, 1.82) is 0 Å². The van der Waals surface area contributed by atoms with Crippen LogP contribution in [0.4, 0.5) is 0 Å². The van der Waals surface area contributed by atoms with Gasteiger partial charge in [0.05, 0.1) is 11.1 Å². The van der Waals surface area contributed by atoms with Crippen LogP contribution in [0.15, 0.2) is 48.5 Å². The molecule has 0 spiro atoms. The third-order valence-corrected chi connectivity index (χ3v) is 3.33. The molecule has 21 heavy (non-hydrogen) atoms. The van der Waals surface area contributed by atoms with E-state index in [1.165, 1.54) is 12.6 Å². The van der Waals surface area contributed by atoms with Crippen LogP contribution in [0.25, 0.3) is 0 Å². The van der Waals surface area contributed by atoms with Crippen LogP contribution in [0.1, 0.15) is 31.8 Å². The molecule has 0 heterocycles. The molecular formula is C17H17NO3. The fraction of sp³-hybridized carbons (Fsp3) is 0.176. The molecule has 0 aliphatic heterocycles. The van der Waals surface area contributed by atoms with Crippen LogP contribution in [0, 0.1) is 0 Å². The van der Waals surface area contributed by atoms with Crippen LogP contribution in [0.3, 0.4) is 0 Å². The lowest BCUT2D eigenvalue weighted by atomic mass is 9.99. The molecule has 0 atom stereocenters. The van der Waals surface area contributed by atoms with Gasteiger partial charge >= 0.3 is 5.97 Å². The lowest BCUT2D eigenvalue weighted by Gasteiger charge is -2.08. The maximum Gasteiger partial charge on any atom is 0.336 e. The SMILES string of the molecule is CNC(=O)c1ccc(CCc2ccccc2)cc1C(=O)O. The zero-order chi connectivity index (χ0) is 15.2. The summed E-state index contributed by atoms with van der Waals surface area (Å²) in [5, 5.41) is 11.7. The standard InChI is InChI=1S/C17H17NO3/c1-18-16(19)14-10-9-13(11-15(14)17(20)21)8-7-12-5-3-2-4-6-12/h2-6,9-11H,7-8H2,1H3,(H,18,19)(H,20,21). The zero-order valence-corrected chi connectivity index (χ0v) is 11.8. The number of hydrogen-bond donors (Lipinski definition) is 2. The molecule has 0 unspecified atom stereocenters. The maximum absolute atomic E-state index is 11.7. The lowest BCUT2D eigenvalue weighted by Crippen LogP contribution is -2.21. The van der Waals surface area contributed by atoms with Crippen molar-refractivity contribution in [2.75, 3.05) is 7.05 Å². The zero-order valence-electron chi connectivity index (χ0n) is 11.8. The van der Waals surface area contributed by atoms with Gasteiger partial charge in [0.2, 0.25) is 0 Å². The summed E-state index contributed by atoms with van der Waals surface area (Å²) in [6.45, 7) is 0. The third kappa shape index (κ3) is 3.69. The number of carboxylic acid groups (broad SMARTS) is 1. The molecule has 0 fully saturated rings. The van der Waals surface area contributed by atoms with E-state index in [0.717, 1.165) is 18.4 Å². The Morgan fingerprint density at radius 3 is 2.24 bits per heavy atom. The minimum absolute atomic E-state index is 0.0416. The quantitative estimate of drug-likeness (QED) is 0.886. The summed E-state index contributed by atoms with van der Waals surface area (Å²) in [5.41, 5.74) is 2.34. The van der Waals surface area contributed by atoms with E-state index in [1.807, 2.05) is 30.3 Å². The third-order valence-electron chi connectivity index (χ3n) is 3.33. The Balaban J connectivity index is 2.20. The number of aromatic carboxylic acids is 1. The summed E-state index contributed by atoms with van der Waals surface area (Å²) >= 11 is 0. The van der Waals surface area contributed by atoms with Gasteiger partial charge in [0.25, 0.3) is 5.91 Å². The van der Waals surface area contributed by atoms with Crippen molar-refractivity contribution in [2.24, 2.45) is 0 Å². The second-order valence-corrected chi connectivity index (χ2v) is 4.75. The molecular weight excluding hydrogens is 266 g/mol. The topological polar surface area (TPSA) is 66.4 Å². The van der Waals surface area contributed by atoms with Gasteiger partial charge in [-0.2, -0.15) is 0 Å². The van der Waals surface area contributed by atoms with Gasteiger partial charge in [-0.1, -0.05) is 36.4 Å². The first kappa shape index (κ1) is 14.8. The Morgan fingerprint density at radius 2 is 1.62 bits per heavy atom. The lowest BCUT2D eigenvalue weighted by molar-refractivity contribution is 0.0691. The number of rotatable bonds is 5. The molecule has 1 amide bonds. The molecule has 0 bridgehead atoms. The summed E-state index contributed by atoms with van der Waals surface area (Å²) in [7, 11) is 1.48. The van der Waals surface area contributed by atoms with Crippen molar-refractivity contribution < 1.29 is 14.7 Å². The Kier molecular flexibility index (Phi) is 4.72. The molecule has 2 N–H and O–H groups in total. The number of amides is 1. The Labute approximate surface area is 123 Å². The molecule has 0 aromatic heterocycles. The number of carbonyl (C=O) groups excluding carboxylic acids is 1. The Hall–Kier alpha value is -2.62. The number of hydrogen-bond acceptors (Lipinski definition) is 2. The Bertz CT molecular complexity index is 650. The second kappa shape index (κ2) is 6.70. The highest BCUT2D eigenvalue weighted by molar-refractivity contribution is 6.04. The fourth-order valence-corrected chi connectivity index (χ4v) is 2.19. The highest BCUT2D eigenvalue weighted by Gasteiger charge is 2.16. The van der Waals surface area contributed by atoms with Gasteiger partial charge in [-0.15, -0.1) is 0 Å². The molecule has 108 valence electrons. The number of benzene rings is 2. The van der Waals surface area contributed by atoms with Gasteiger partial charge < -0.3 is 10.4 Å². The van der Waals surface area contributed by atoms with Crippen molar-refractivity contribution in [1.82, 2.24) is 5.32 Å². The van der Waals surface area contributed by atoms with E-state index in [4.69, 9.17) is 0 Å². The molecule has 0 aliphatic rings. The molecule has 0 radical (unpaired) electrons. The molecule has 2 rings (SSSR count). The minimum Gasteiger partial charge on any atom is -0.478 e. The minimum atomic E-state index is -1.09. The van der Waals surface area contributed by atoms with Crippen molar-refractivity contribution in [3.8, 4) is 0 Å². The highest BCUT2D eigenvalue weighted by atomic mass is 16.4. The molecule has 2 aromatic carbocycles. The molecule has 0 saturated heterocycles. The van der Waals surface area contributed by atoms with E-state index in [2.05, 4.69) is 5.32 Å². The van der Waals surface area contributed by atoms with Crippen LogP contribution >= 0.6 is 0 Å². The summed E-state index contributed by atoms with van der Waals surface area (Å²) in [6.07, 6.45) is 1.57. The van der Waals surface area contributed by atoms with Gasteiger partial charge in [0.1, 0.15) is 0 Å². The van der Waals surface area contributed by atoms with E-state index in [-0.39, 0.29) is 17.0 Å². The molecule has 4 heteroatoms. The van der Waals surface area contributed by atoms with E-state index in [0.29, 0.717) is 0 Å². The van der Waals surface area contributed by atoms with E-state index < -0.39 is 5.97 Å². The largest absolute Gasteiger partial charge is 0.478 e. The number of aryl methyl sites for hydroxylation is 2. The number of carbonyl (C=O) groups is 2. The molecule has 4 nitrogen and oxygen atoms in total. The first-order valence-corrected chi connectivity index (χ1v) is 6.74. The van der Waals surface area contributed by atoms with Crippen molar-refractivity contribution >= 4 is 11.9 Å². The second-order valence-electron chi connectivity index (χ2n) is 4.75. The number of carboxylic acids is 1. The Morgan fingerprint density at radius 1 is 0.952 bits per heavy atom. The molecule has 0 aliphatic carbocycles. The monoisotopic (exact) mass is 283 g/mol. The van der Waals surface area contributed by atoms with E-state index >= 15 is 0 Å². The smallest absolute Gasteiger partial charge is 0.336 e. The van der Waals surface area contributed by atoms with Crippen molar-refractivity contribution in [3.63, 3.8) is 0 Å². The summed E-state index contributed by atoms with van der Waals surface area (Å²) in [5.74, 6) is -1.47. The average Bonchev–Trinajstić information content (AvgIpc) is 2.52. The molecule has 2 aromatic rings. The van der Waals surface area contributed by atoms with Crippen LogP contribution < -0.4 is 5.32 Å². The van der Waals surface area contributed by atoms with Crippen LogP contribution in [0.2, 0.25) is 0 Å². The average molecular weight is 283 g/mol. The maximum atomic E-state index is 11.7. The van der Waals surface area contributed by atoms with Gasteiger partial charge in [-0.3, -0.25) is 4.79 Å². The summed E-state index contributed by atoms with van der Waals surface area (Å²) in [4.78, 5) is 22.9. The van der Waals surface area contributed by atoms with Gasteiger partial charge in [0.15, 0.2) is 0 Å². The number of nitrogens with one attached hydrogen (secondary N) is 1. The first-order chi connectivity index (χ1) is 10.1. The summed E-state index contributed by atoms with van der Waals surface area (Å²) < 4.78 is 0. The predicted octanol–water partition coefficient (Wildman–Crippen LogP) is 2.53. The normalized spacial score (nSPS) is 10.1. The first-order valence-electron chi connectivity index (χ1n) is 6.74. The van der Waals surface area contributed by atoms with Crippen LogP contribution in [0.5, 0.6) is 0 Å². The molecule has 0 saturated carbocycles. The van der Waals surface area contributed by atoms with Crippen LogP contribution in [-0.2, 0) is 12.8 Å². The van der Waals surface area contributed by atoms with Gasteiger partial charge in [0, 0.05) is 7.05 Å². The van der Waals surface area contributed by atoms with Crippen LogP contribution in [-0.4, -0.2) is 24.0 Å². The van der Waals surface area contributed by atoms with Crippen molar-refractivity contribution in [2.45, 2.75) is 12.8 Å². The van der Waals surface area contributed by atoms with E-state index in [9.17, 15) is 14.7 Å². The predicted molar refractivity (Wildman–Crippen MR) is 80.6 cm³/mol. The summed E-state index contributed by atoms with van der Waals surface area (Å²) in [6, 6.07) is 15.0. The van der Waals surface area contributed by atoms with E-state index in [1.54, 1.807) is 18.2 Å².